The van der Waals surface area contributed by atoms with Crippen molar-refractivity contribution in [2.45, 2.75) is 45.6 Å². The molecule has 0 saturated carbocycles. The van der Waals surface area contributed by atoms with Gasteiger partial charge in [-0.05, 0) is 39.0 Å². The lowest BCUT2D eigenvalue weighted by molar-refractivity contribution is -0.0272. The van der Waals surface area contributed by atoms with Crippen LogP contribution in [0.25, 0.3) is 0 Å². The number of likely N-dealkylation sites (tertiary alicyclic amines) is 1. The summed E-state index contributed by atoms with van der Waals surface area (Å²) in [5.74, 6) is 0.461. The molecular weight excluding hydrogens is 174 g/mol. The van der Waals surface area contributed by atoms with Gasteiger partial charge in [0.2, 0.25) is 0 Å². The van der Waals surface area contributed by atoms with Crippen molar-refractivity contribution in [1.29, 1.82) is 0 Å². The molecule has 1 aliphatic rings. The number of piperidine rings is 1. The Labute approximate surface area is 87.6 Å². The zero-order chi connectivity index (χ0) is 10.8. The summed E-state index contributed by atoms with van der Waals surface area (Å²) in [4.78, 5) is 2.31. The van der Waals surface area contributed by atoms with Gasteiger partial charge in [0.25, 0.3) is 0 Å². The molecule has 1 N–H and O–H groups in total. The van der Waals surface area contributed by atoms with E-state index in [1.807, 2.05) is 6.92 Å². The van der Waals surface area contributed by atoms with Gasteiger partial charge in [0.1, 0.15) is 0 Å². The molecule has 0 amide bonds. The molecule has 0 radical (unpaired) electrons. The molecule has 14 heavy (non-hydrogen) atoms. The first-order chi connectivity index (χ1) is 6.47. The molecule has 2 nitrogen and oxygen atoms in total. The fraction of sp³-hybridized carbons (Fsp3) is 0.833. The van der Waals surface area contributed by atoms with E-state index in [0.29, 0.717) is 5.92 Å². The predicted molar refractivity (Wildman–Crippen MR) is 60.0 cm³/mol. The second kappa shape index (κ2) is 4.35. The molecule has 1 saturated heterocycles. The van der Waals surface area contributed by atoms with Crippen LogP contribution < -0.4 is 0 Å². The molecule has 0 spiro atoms. The molecular formula is C12H23NO. The molecule has 1 fully saturated rings. The first-order valence-corrected chi connectivity index (χ1v) is 5.60. The number of hydrogen-bond donors (Lipinski definition) is 1. The summed E-state index contributed by atoms with van der Waals surface area (Å²) in [5.41, 5.74) is 0.681. The Bertz CT molecular complexity index is 202. The Morgan fingerprint density at radius 1 is 1.50 bits per heavy atom. The fourth-order valence-electron chi connectivity index (χ4n) is 2.17. The van der Waals surface area contributed by atoms with Gasteiger partial charge in [-0.25, -0.2) is 0 Å². The van der Waals surface area contributed by atoms with E-state index in [0.717, 1.165) is 38.0 Å². The third kappa shape index (κ3) is 2.50. The van der Waals surface area contributed by atoms with Crippen molar-refractivity contribution in [3.8, 4) is 0 Å². The van der Waals surface area contributed by atoms with Crippen LogP contribution in [0.4, 0.5) is 0 Å². The maximum absolute atomic E-state index is 10.1. The summed E-state index contributed by atoms with van der Waals surface area (Å²) in [6.45, 7) is 12.1. The van der Waals surface area contributed by atoms with Crippen LogP contribution in [0.3, 0.4) is 0 Å². The summed E-state index contributed by atoms with van der Waals surface area (Å²) < 4.78 is 0. The van der Waals surface area contributed by atoms with E-state index in [1.165, 1.54) is 0 Å². The Balaban J connectivity index is 2.47. The zero-order valence-electron chi connectivity index (χ0n) is 9.71. The van der Waals surface area contributed by atoms with Gasteiger partial charge >= 0.3 is 0 Å². The SMILES string of the molecule is C=C(C)N1CCC(C(C)(O)CC)CC1. The van der Waals surface area contributed by atoms with Gasteiger partial charge in [-0.15, -0.1) is 0 Å². The molecule has 0 bridgehead atoms. The molecule has 82 valence electrons. The monoisotopic (exact) mass is 197 g/mol. The second-order valence-corrected chi connectivity index (χ2v) is 4.71. The highest BCUT2D eigenvalue weighted by atomic mass is 16.3. The van der Waals surface area contributed by atoms with Crippen LogP contribution in [-0.4, -0.2) is 28.7 Å². The Morgan fingerprint density at radius 2 is 2.00 bits per heavy atom. The highest BCUT2D eigenvalue weighted by Crippen LogP contribution is 2.31. The molecule has 0 aromatic rings. The van der Waals surface area contributed by atoms with E-state index in [4.69, 9.17) is 0 Å². The number of nitrogens with zero attached hydrogens (tertiary/aromatic N) is 1. The fourth-order valence-corrected chi connectivity index (χ4v) is 2.17. The highest BCUT2D eigenvalue weighted by molar-refractivity contribution is 4.94. The lowest BCUT2D eigenvalue weighted by atomic mass is 9.80. The molecule has 1 aliphatic heterocycles. The third-order valence-corrected chi connectivity index (χ3v) is 3.63. The number of hydrogen-bond acceptors (Lipinski definition) is 2. The molecule has 2 heteroatoms. The molecule has 1 heterocycles. The van der Waals surface area contributed by atoms with Gasteiger partial charge in [-0.1, -0.05) is 13.5 Å². The van der Waals surface area contributed by atoms with Crippen LogP contribution in [0.5, 0.6) is 0 Å². The maximum atomic E-state index is 10.1. The molecule has 0 aliphatic carbocycles. The number of rotatable bonds is 3. The Kier molecular flexibility index (Phi) is 3.59. The minimum atomic E-state index is -0.471. The van der Waals surface area contributed by atoms with Gasteiger partial charge in [0.05, 0.1) is 5.60 Å². The third-order valence-electron chi connectivity index (χ3n) is 3.63. The van der Waals surface area contributed by atoms with Crippen molar-refractivity contribution >= 4 is 0 Å². The zero-order valence-corrected chi connectivity index (χ0v) is 9.71. The van der Waals surface area contributed by atoms with Crippen LogP contribution in [-0.2, 0) is 0 Å². The summed E-state index contributed by atoms with van der Waals surface area (Å²) in [5, 5.41) is 10.1. The van der Waals surface area contributed by atoms with Crippen molar-refractivity contribution in [3.63, 3.8) is 0 Å². The van der Waals surface area contributed by atoms with Gasteiger partial charge in [0, 0.05) is 18.8 Å². The van der Waals surface area contributed by atoms with Crippen molar-refractivity contribution in [1.82, 2.24) is 4.90 Å². The van der Waals surface area contributed by atoms with Crippen LogP contribution in [0.1, 0.15) is 40.0 Å². The van der Waals surface area contributed by atoms with E-state index in [9.17, 15) is 5.11 Å². The minimum Gasteiger partial charge on any atom is -0.390 e. The van der Waals surface area contributed by atoms with Gasteiger partial charge in [-0.2, -0.15) is 0 Å². The van der Waals surface area contributed by atoms with Crippen LogP contribution >= 0.6 is 0 Å². The lowest BCUT2D eigenvalue weighted by Crippen LogP contribution is -2.42. The number of aliphatic hydroxyl groups is 1. The predicted octanol–water partition coefficient (Wildman–Crippen LogP) is 2.39. The van der Waals surface area contributed by atoms with Crippen molar-refractivity contribution in [2.24, 2.45) is 5.92 Å². The number of allylic oxidation sites excluding steroid dienone is 1. The van der Waals surface area contributed by atoms with E-state index in [2.05, 4.69) is 25.3 Å². The maximum Gasteiger partial charge on any atom is 0.0646 e. The van der Waals surface area contributed by atoms with Crippen LogP contribution in [0.15, 0.2) is 12.3 Å². The standard InChI is InChI=1S/C12H23NO/c1-5-12(4,14)11-6-8-13(9-7-11)10(2)3/h11,14H,2,5-9H2,1,3-4H3. The van der Waals surface area contributed by atoms with E-state index < -0.39 is 5.60 Å². The van der Waals surface area contributed by atoms with Crippen LogP contribution in [0.2, 0.25) is 0 Å². The Hall–Kier alpha value is -0.500. The van der Waals surface area contributed by atoms with Crippen molar-refractivity contribution in [3.05, 3.63) is 12.3 Å². The summed E-state index contributed by atoms with van der Waals surface area (Å²) in [6, 6.07) is 0. The quantitative estimate of drug-likeness (QED) is 0.751. The van der Waals surface area contributed by atoms with E-state index in [-0.39, 0.29) is 0 Å². The van der Waals surface area contributed by atoms with Gasteiger partial charge < -0.3 is 10.0 Å². The van der Waals surface area contributed by atoms with E-state index in [1.54, 1.807) is 0 Å². The van der Waals surface area contributed by atoms with Gasteiger partial charge in [0.15, 0.2) is 0 Å². The smallest absolute Gasteiger partial charge is 0.0646 e. The first kappa shape index (κ1) is 11.6. The summed E-state index contributed by atoms with van der Waals surface area (Å²) >= 11 is 0. The van der Waals surface area contributed by atoms with Gasteiger partial charge in [-0.3, -0.25) is 0 Å². The molecule has 0 aromatic carbocycles. The summed E-state index contributed by atoms with van der Waals surface area (Å²) in [6.07, 6.45) is 3.03. The Morgan fingerprint density at radius 3 is 2.36 bits per heavy atom. The molecule has 1 unspecified atom stereocenters. The average molecular weight is 197 g/mol. The minimum absolute atomic E-state index is 0.461. The van der Waals surface area contributed by atoms with Crippen molar-refractivity contribution in [2.75, 3.05) is 13.1 Å². The summed E-state index contributed by atoms with van der Waals surface area (Å²) in [7, 11) is 0. The highest BCUT2D eigenvalue weighted by Gasteiger charge is 2.32. The second-order valence-electron chi connectivity index (χ2n) is 4.71. The molecule has 0 aromatic heterocycles. The van der Waals surface area contributed by atoms with Crippen LogP contribution in [0, 0.1) is 5.92 Å². The lowest BCUT2D eigenvalue weighted by Gasteiger charge is -2.40. The topological polar surface area (TPSA) is 23.5 Å². The van der Waals surface area contributed by atoms with E-state index >= 15 is 0 Å². The molecule has 1 rings (SSSR count). The largest absolute Gasteiger partial charge is 0.390 e. The average Bonchev–Trinajstić information content (AvgIpc) is 2.18. The first-order valence-electron chi connectivity index (χ1n) is 5.60. The van der Waals surface area contributed by atoms with Crippen molar-refractivity contribution < 1.29 is 5.11 Å². The normalized spacial score (nSPS) is 23.3. The molecule has 1 atom stereocenters.